The minimum absolute atomic E-state index is 0.174. The molecule has 1 unspecified atom stereocenters. The second-order valence-corrected chi connectivity index (χ2v) is 6.42. The highest BCUT2D eigenvalue weighted by Crippen LogP contribution is 2.22. The van der Waals surface area contributed by atoms with Gasteiger partial charge in [0.2, 0.25) is 5.89 Å². The summed E-state index contributed by atoms with van der Waals surface area (Å²) in [6.45, 7) is 2.52. The minimum Gasteiger partial charge on any atom is -0.444 e. The number of alkyl halides is 1. The highest BCUT2D eigenvalue weighted by Gasteiger charge is 2.10. The van der Waals surface area contributed by atoms with E-state index in [0.717, 1.165) is 17.0 Å². The van der Waals surface area contributed by atoms with Crippen molar-refractivity contribution in [1.82, 2.24) is 20.0 Å². The Morgan fingerprint density at radius 1 is 1.33 bits per heavy atom. The van der Waals surface area contributed by atoms with Crippen molar-refractivity contribution in [3.8, 4) is 11.5 Å². The molecule has 0 aliphatic rings. The Morgan fingerprint density at radius 3 is 2.76 bits per heavy atom. The van der Waals surface area contributed by atoms with Gasteiger partial charge in [-0.15, -0.1) is 5.10 Å². The predicted octanol–water partition coefficient (Wildman–Crippen LogP) is 4.09. The maximum absolute atomic E-state index is 5.87. The Hall–Kier alpha value is -1.66. The summed E-state index contributed by atoms with van der Waals surface area (Å²) >= 11 is 9.33. The van der Waals surface area contributed by atoms with Crippen molar-refractivity contribution in [2.24, 2.45) is 0 Å². The molecule has 7 heteroatoms. The van der Waals surface area contributed by atoms with Gasteiger partial charge < -0.3 is 4.42 Å². The van der Waals surface area contributed by atoms with Gasteiger partial charge in [0.25, 0.3) is 0 Å². The van der Waals surface area contributed by atoms with Gasteiger partial charge in [-0.1, -0.05) is 32.7 Å². The maximum atomic E-state index is 5.87. The number of aromatic nitrogens is 4. The fourth-order valence-electron chi connectivity index (χ4n) is 1.84. The molecule has 1 atom stereocenters. The molecule has 0 saturated carbocycles. The molecule has 0 bridgehead atoms. The Balaban J connectivity index is 1.76. The van der Waals surface area contributed by atoms with Gasteiger partial charge in [-0.05, 0) is 31.2 Å². The quantitative estimate of drug-likeness (QED) is 0.652. The van der Waals surface area contributed by atoms with E-state index in [1.807, 2.05) is 37.4 Å². The first kappa shape index (κ1) is 14.3. The summed E-state index contributed by atoms with van der Waals surface area (Å²) in [6, 6.07) is 7.36. The second kappa shape index (κ2) is 5.99. The van der Waals surface area contributed by atoms with Gasteiger partial charge in [0.15, 0.2) is 0 Å². The maximum Gasteiger partial charge on any atom is 0.226 e. The number of rotatable bonds is 4. The van der Waals surface area contributed by atoms with E-state index in [4.69, 9.17) is 16.0 Å². The van der Waals surface area contributed by atoms with Crippen LogP contribution in [0.15, 0.2) is 41.1 Å². The van der Waals surface area contributed by atoms with Crippen LogP contribution in [0.1, 0.15) is 23.1 Å². The van der Waals surface area contributed by atoms with Crippen molar-refractivity contribution < 1.29 is 4.42 Å². The summed E-state index contributed by atoms with van der Waals surface area (Å²) in [5.41, 5.74) is 2.56. The summed E-state index contributed by atoms with van der Waals surface area (Å²) in [5.74, 6) is 0.566. The van der Waals surface area contributed by atoms with E-state index in [0.29, 0.717) is 17.5 Å². The van der Waals surface area contributed by atoms with Crippen LogP contribution < -0.4 is 0 Å². The zero-order valence-electron chi connectivity index (χ0n) is 11.2. The molecular formula is C14H12BrClN4O. The molecule has 0 N–H and O–H groups in total. The van der Waals surface area contributed by atoms with Gasteiger partial charge >= 0.3 is 0 Å². The lowest BCUT2D eigenvalue weighted by Crippen LogP contribution is -2.00. The van der Waals surface area contributed by atoms with Gasteiger partial charge in [0.05, 0.1) is 23.3 Å². The highest BCUT2D eigenvalue weighted by atomic mass is 79.9. The van der Waals surface area contributed by atoms with Gasteiger partial charge in [-0.3, -0.25) is 0 Å². The predicted molar refractivity (Wildman–Crippen MR) is 83.4 cm³/mol. The van der Waals surface area contributed by atoms with Crippen LogP contribution in [0.5, 0.6) is 0 Å². The van der Waals surface area contributed by atoms with E-state index in [2.05, 4.69) is 31.2 Å². The number of benzene rings is 1. The molecule has 0 saturated heterocycles. The first-order chi connectivity index (χ1) is 10.1. The van der Waals surface area contributed by atoms with E-state index in [9.17, 15) is 0 Å². The summed E-state index contributed by atoms with van der Waals surface area (Å²) in [6.07, 6.45) is 3.51. The van der Waals surface area contributed by atoms with Crippen molar-refractivity contribution in [1.29, 1.82) is 0 Å². The van der Waals surface area contributed by atoms with Crippen LogP contribution in [-0.4, -0.2) is 20.0 Å². The first-order valence-corrected chi connectivity index (χ1v) is 7.65. The van der Waals surface area contributed by atoms with Crippen molar-refractivity contribution >= 4 is 27.5 Å². The highest BCUT2D eigenvalue weighted by molar-refractivity contribution is 9.09. The zero-order valence-corrected chi connectivity index (χ0v) is 13.5. The summed E-state index contributed by atoms with van der Waals surface area (Å²) in [7, 11) is 0. The topological polar surface area (TPSA) is 56.7 Å². The fraction of sp³-hybridized carbons (Fsp3) is 0.214. The standard InChI is InChI=1S/C14H12BrClN4O/c1-9(15)13-7-20(19-18-13)6-12-8-21-14(17-12)10-2-4-11(16)5-3-10/h2-5,7-9H,6H2,1H3. The van der Waals surface area contributed by atoms with E-state index in [1.54, 1.807) is 10.9 Å². The van der Waals surface area contributed by atoms with E-state index < -0.39 is 0 Å². The number of oxazole rings is 1. The molecule has 5 nitrogen and oxygen atoms in total. The third-order valence-corrected chi connectivity index (χ3v) is 3.65. The fourth-order valence-corrected chi connectivity index (χ4v) is 2.18. The lowest BCUT2D eigenvalue weighted by atomic mass is 10.2. The minimum atomic E-state index is 0.174. The zero-order chi connectivity index (χ0) is 14.8. The molecule has 108 valence electrons. The number of hydrogen-bond donors (Lipinski definition) is 0. The summed E-state index contributed by atoms with van der Waals surface area (Å²) < 4.78 is 7.22. The number of halogens is 2. The molecule has 2 heterocycles. The summed E-state index contributed by atoms with van der Waals surface area (Å²) in [4.78, 5) is 4.62. The van der Waals surface area contributed by atoms with Gasteiger partial charge in [0, 0.05) is 10.6 Å². The van der Waals surface area contributed by atoms with E-state index in [-0.39, 0.29) is 4.83 Å². The normalized spacial score (nSPS) is 12.5. The van der Waals surface area contributed by atoms with Crippen molar-refractivity contribution in [2.75, 3.05) is 0 Å². The Morgan fingerprint density at radius 2 is 2.10 bits per heavy atom. The monoisotopic (exact) mass is 366 g/mol. The molecule has 1 aromatic carbocycles. The van der Waals surface area contributed by atoms with Crippen molar-refractivity contribution in [3.63, 3.8) is 0 Å². The number of hydrogen-bond acceptors (Lipinski definition) is 4. The Bertz CT molecular complexity index is 736. The van der Waals surface area contributed by atoms with Crippen LogP contribution in [0.3, 0.4) is 0 Å². The molecule has 2 aromatic heterocycles. The number of nitrogens with zero attached hydrogens (tertiary/aromatic N) is 4. The second-order valence-electron chi connectivity index (χ2n) is 4.61. The first-order valence-electron chi connectivity index (χ1n) is 6.36. The SMILES string of the molecule is CC(Br)c1cn(Cc2coc(-c3ccc(Cl)cc3)n2)nn1. The molecule has 3 rings (SSSR count). The van der Waals surface area contributed by atoms with Gasteiger partial charge in [0.1, 0.15) is 12.0 Å². The van der Waals surface area contributed by atoms with Crippen LogP contribution in [-0.2, 0) is 6.54 Å². The third kappa shape index (κ3) is 3.33. The Labute approximate surface area is 135 Å². The molecule has 0 fully saturated rings. The van der Waals surface area contributed by atoms with Crippen LogP contribution in [0, 0.1) is 0 Å². The van der Waals surface area contributed by atoms with E-state index in [1.165, 1.54) is 0 Å². The molecule has 0 radical (unpaired) electrons. The van der Waals surface area contributed by atoms with Crippen LogP contribution in [0.25, 0.3) is 11.5 Å². The van der Waals surface area contributed by atoms with E-state index >= 15 is 0 Å². The third-order valence-electron chi connectivity index (χ3n) is 2.93. The average molecular weight is 368 g/mol. The van der Waals surface area contributed by atoms with Gasteiger partial charge in [-0.25, -0.2) is 9.67 Å². The van der Waals surface area contributed by atoms with Crippen molar-refractivity contribution in [3.05, 3.63) is 53.1 Å². The molecule has 3 aromatic rings. The molecule has 0 aliphatic carbocycles. The Kier molecular flexibility index (Phi) is 4.07. The average Bonchev–Trinajstić information content (AvgIpc) is 3.10. The van der Waals surface area contributed by atoms with Crippen LogP contribution in [0.2, 0.25) is 5.02 Å². The molecule has 0 spiro atoms. The lowest BCUT2D eigenvalue weighted by Gasteiger charge is -1.96. The molecular weight excluding hydrogens is 356 g/mol. The largest absolute Gasteiger partial charge is 0.444 e. The molecule has 0 aliphatic heterocycles. The molecule has 0 amide bonds. The summed E-state index contributed by atoms with van der Waals surface area (Å²) in [5, 5.41) is 8.83. The van der Waals surface area contributed by atoms with Crippen molar-refractivity contribution in [2.45, 2.75) is 18.3 Å². The van der Waals surface area contributed by atoms with Crippen LogP contribution >= 0.6 is 27.5 Å². The van der Waals surface area contributed by atoms with Crippen LogP contribution in [0.4, 0.5) is 0 Å². The lowest BCUT2D eigenvalue weighted by molar-refractivity contribution is 0.568. The van der Waals surface area contributed by atoms with Gasteiger partial charge in [-0.2, -0.15) is 0 Å². The molecule has 21 heavy (non-hydrogen) atoms. The smallest absolute Gasteiger partial charge is 0.226 e.